The standard InChI is InChI=1S/C13H18N2OS/c14-13(17)11-3-5-12(6-4-11)15-7-1-2-10(8-15)9-16/h3-6,10,16H,1-2,7-9H2,(H2,14,17). The number of hydrogen-bond donors (Lipinski definition) is 2. The first-order valence-electron chi connectivity index (χ1n) is 5.96. The van der Waals surface area contributed by atoms with Gasteiger partial charge in [0.2, 0.25) is 0 Å². The van der Waals surface area contributed by atoms with Gasteiger partial charge in [-0.1, -0.05) is 12.2 Å². The van der Waals surface area contributed by atoms with Crippen LogP contribution < -0.4 is 10.6 Å². The Hall–Kier alpha value is -1.13. The molecule has 17 heavy (non-hydrogen) atoms. The number of aliphatic hydroxyl groups is 1. The Kier molecular flexibility index (Phi) is 3.97. The Morgan fingerprint density at radius 3 is 2.71 bits per heavy atom. The molecule has 3 N–H and O–H groups in total. The van der Waals surface area contributed by atoms with Crippen LogP contribution in [0.15, 0.2) is 24.3 Å². The summed E-state index contributed by atoms with van der Waals surface area (Å²) >= 11 is 4.93. The van der Waals surface area contributed by atoms with E-state index in [1.165, 1.54) is 5.69 Å². The molecular weight excluding hydrogens is 232 g/mol. The molecule has 0 aromatic heterocycles. The summed E-state index contributed by atoms with van der Waals surface area (Å²) in [5, 5.41) is 9.21. The summed E-state index contributed by atoms with van der Waals surface area (Å²) in [7, 11) is 0. The quantitative estimate of drug-likeness (QED) is 0.799. The van der Waals surface area contributed by atoms with Crippen LogP contribution in [0.4, 0.5) is 5.69 Å². The molecule has 1 aromatic carbocycles. The molecule has 1 unspecified atom stereocenters. The third-order valence-electron chi connectivity index (χ3n) is 3.29. The van der Waals surface area contributed by atoms with E-state index < -0.39 is 0 Å². The van der Waals surface area contributed by atoms with Crippen molar-refractivity contribution in [2.45, 2.75) is 12.8 Å². The summed E-state index contributed by atoms with van der Waals surface area (Å²) in [6, 6.07) is 8.02. The monoisotopic (exact) mass is 250 g/mol. The molecule has 0 amide bonds. The highest BCUT2D eigenvalue weighted by atomic mass is 32.1. The highest BCUT2D eigenvalue weighted by molar-refractivity contribution is 7.80. The molecule has 1 aliphatic rings. The fraction of sp³-hybridized carbons (Fsp3) is 0.462. The molecule has 1 fully saturated rings. The number of nitrogens with two attached hydrogens (primary N) is 1. The van der Waals surface area contributed by atoms with Crippen molar-refractivity contribution >= 4 is 22.9 Å². The number of anilines is 1. The lowest BCUT2D eigenvalue weighted by Crippen LogP contribution is -2.36. The average molecular weight is 250 g/mol. The molecule has 1 saturated heterocycles. The average Bonchev–Trinajstić information content (AvgIpc) is 2.39. The van der Waals surface area contributed by atoms with Gasteiger partial charge >= 0.3 is 0 Å². The number of rotatable bonds is 3. The van der Waals surface area contributed by atoms with E-state index in [9.17, 15) is 5.11 Å². The second kappa shape index (κ2) is 5.47. The zero-order valence-corrected chi connectivity index (χ0v) is 10.6. The third-order valence-corrected chi connectivity index (χ3v) is 3.53. The minimum absolute atomic E-state index is 0.279. The van der Waals surface area contributed by atoms with Gasteiger partial charge in [-0.05, 0) is 43.0 Å². The number of nitrogens with zero attached hydrogens (tertiary/aromatic N) is 1. The van der Waals surface area contributed by atoms with Crippen molar-refractivity contribution in [3.63, 3.8) is 0 Å². The van der Waals surface area contributed by atoms with Crippen LogP contribution in [0.3, 0.4) is 0 Å². The van der Waals surface area contributed by atoms with E-state index in [-0.39, 0.29) is 6.61 Å². The fourth-order valence-electron chi connectivity index (χ4n) is 2.29. The van der Waals surface area contributed by atoms with E-state index in [1.54, 1.807) is 0 Å². The zero-order valence-electron chi connectivity index (χ0n) is 9.80. The molecule has 2 rings (SSSR count). The lowest BCUT2D eigenvalue weighted by atomic mass is 9.98. The second-order valence-corrected chi connectivity index (χ2v) is 4.99. The summed E-state index contributed by atoms with van der Waals surface area (Å²) < 4.78 is 0. The molecule has 0 aliphatic carbocycles. The Balaban J connectivity index is 2.08. The molecule has 0 bridgehead atoms. The maximum absolute atomic E-state index is 9.21. The molecule has 3 nitrogen and oxygen atoms in total. The summed E-state index contributed by atoms with van der Waals surface area (Å²) in [4.78, 5) is 2.75. The van der Waals surface area contributed by atoms with Crippen LogP contribution >= 0.6 is 12.2 Å². The van der Waals surface area contributed by atoms with Gasteiger partial charge < -0.3 is 15.7 Å². The summed E-state index contributed by atoms with van der Waals surface area (Å²) in [5.74, 6) is 0.402. The van der Waals surface area contributed by atoms with Crippen LogP contribution in [0, 0.1) is 5.92 Å². The molecule has 0 spiro atoms. The minimum Gasteiger partial charge on any atom is -0.396 e. The van der Waals surface area contributed by atoms with Gasteiger partial charge in [-0.2, -0.15) is 0 Å². The van der Waals surface area contributed by atoms with Crippen molar-refractivity contribution in [1.29, 1.82) is 0 Å². The largest absolute Gasteiger partial charge is 0.396 e. The molecule has 0 radical (unpaired) electrons. The number of aliphatic hydroxyl groups excluding tert-OH is 1. The molecule has 0 saturated carbocycles. The van der Waals surface area contributed by atoms with E-state index in [4.69, 9.17) is 18.0 Å². The van der Waals surface area contributed by atoms with Crippen molar-refractivity contribution in [3.05, 3.63) is 29.8 Å². The van der Waals surface area contributed by atoms with E-state index in [0.29, 0.717) is 10.9 Å². The van der Waals surface area contributed by atoms with E-state index in [1.807, 2.05) is 24.3 Å². The lowest BCUT2D eigenvalue weighted by Gasteiger charge is -2.33. The van der Waals surface area contributed by atoms with Gasteiger partial charge in [0.15, 0.2) is 0 Å². The fourth-order valence-corrected chi connectivity index (χ4v) is 2.42. The Bertz CT molecular complexity index is 391. The maximum atomic E-state index is 9.21. The first-order valence-corrected chi connectivity index (χ1v) is 6.37. The van der Waals surface area contributed by atoms with Crippen molar-refractivity contribution in [1.82, 2.24) is 0 Å². The van der Waals surface area contributed by atoms with Gasteiger partial charge in [0.1, 0.15) is 4.99 Å². The van der Waals surface area contributed by atoms with Gasteiger partial charge in [0.05, 0.1) is 0 Å². The highest BCUT2D eigenvalue weighted by Crippen LogP contribution is 2.23. The zero-order chi connectivity index (χ0) is 12.3. The van der Waals surface area contributed by atoms with Crippen LogP contribution in [0.2, 0.25) is 0 Å². The van der Waals surface area contributed by atoms with Crippen LogP contribution in [-0.4, -0.2) is 29.8 Å². The summed E-state index contributed by atoms with van der Waals surface area (Å²) in [6.45, 7) is 2.27. The number of benzene rings is 1. The summed E-state index contributed by atoms with van der Waals surface area (Å²) in [5.41, 5.74) is 7.66. The van der Waals surface area contributed by atoms with Gasteiger partial charge in [0.25, 0.3) is 0 Å². The Morgan fingerprint density at radius 2 is 2.12 bits per heavy atom. The molecule has 1 aromatic rings. The second-order valence-electron chi connectivity index (χ2n) is 4.55. The molecule has 1 atom stereocenters. The predicted molar refractivity (Wildman–Crippen MR) is 74.4 cm³/mol. The first kappa shape index (κ1) is 12.3. The number of thiocarbonyl (C=S) groups is 1. The van der Waals surface area contributed by atoms with Crippen molar-refractivity contribution < 1.29 is 5.11 Å². The van der Waals surface area contributed by atoms with Gasteiger partial charge in [-0.3, -0.25) is 0 Å². The van der Waals surface area contributed by atoms with Gasteiger partial charge in [-0.15, -0.1) is 0 Å². The van der Waals surface area contributed by atoms with Gasteiger partial charge in [-0.25, -0.2) is 0 Å². The van der Waals surface area contributed by atoms with Crippen molar-refractivity contribution in [2.75, 3.05) is 24.6 Å². The number of hydrogen-bond acceptors (Lipinski definition) is 3. The van der Waals surface area contributed by atoms with Crippen molar-refractivity contribution in [3.8, 4) is 0 Å². The molecule has 1 aliphatic heterocycles. The van der Waals surface area contributed by atoms with Gasteiger partial charge in [0, 0.05) is 30.9 Å². The Labute approximate surface area is 107 Å². The smallest absolute Gasteiger partial charge is 0.103 e. The normalized spacial score (nSPS) is 20.3. The van der Waals surface area contributed by atoms with Crippen LogP contribution in [-0.2, 0) is 0 Å². The van der Waals surface area contributed by atoms with Crippen molar-refractivity contribution in [2.24, 2.45) is 11.7 Å². The van der Waals surface area contributed by atoms with Crippen LogP contribution in [0.25, 0.3) is 0 Å². The minimum atomic E-state index is 0.279. The number of piperidine rings is 1. The van der Waals surface area contributed by atoms with Crippen LogP contribution in [0.1, 0.15) is 18.4 Å². The topological polar surface area (TPSA) is 49.5 Å². The molecule has 4 heteroatoms. The SMILES string of the molecule is NC(=S)c1ccc(N2CCCC(CO)C2)cc1. The van der Waals surface area contributed by atoms with E-state index in [2.05, 4.69) is 4.90 Å². The third kappa shape index (κ3) is 2.96. The highest BCUT2D eigenvalue weighted by Gasteiger charge is 2.19. The molecular formula is C13H18N2OS. The Morgan fingerprint density at radius 1 is 1.41 bits per heavy atom. The first-order chi connectivity index (χ1) is 8.20. The van der Waals surface area contributed by atoms with Crippen LogP contribution in [0.5, 0.6) is 0 Å². The molecule has 92 valence electrons. The maximum Gasteiger partial charge on any atom is 0.103 e. The summed E-state index contributed by atoms with van der Waals surface area (Å²) in [6.07, 6.45) is 2.26. The molecule has 1 heterocycles. The van der Waals surface area contributed by atoms with E-state index in [0.717, 1.165) is 31.5 Å². The lowest BCUT2D eigenvalue weighted by molar-refractivity contribution is 0.209. The predicted octanol–water partition coefficient (Wildman–Crippen LogP) is 1.53. The van der Waals surface area contributed by atoms with E-state index >= 15 is 0 Å².